The van der Waals surface area contributed by atoms with E-state index in [1.165, 1.54) is 0 Å². The Kier molecular flexibility index (Phi) is 3.45. The third-order valence-electron chi connectivity index (χ3n) is 3.06. The Balaban J connectivity index is 1.70. The first-order chi connectivity index (χ1) is 9.13. The van der Waals surface area contributed by atoms with E-state index in [-0.39, 0.29) is 5.91 Å². The predicted molar refractivity (Wildman–Crippen MR) is 78.4 cm³/mol. The van der Waals surface area contributed by atoms with Crippen molar-refractivity contribution in [1.82, 2.24) is 14.9 Å². The van der Waals surface area contributed by atoms with Gasteiger partial charge >= 0.3 is 0 Å². The van der Waals surface area contributed by atoms with E-state index in [2.05, 4.69) is 30.8 Å². The monoisotopic (exact) mass is 339 g/mol. The summed E-state index contributed by atoms with van der Waals surface area (Å²) in [5.74, 6) is -0.0366. The van der Waals surface area contributed by atoms with Gasteiger partial charge in [0.1, 0.15) is 10.7 Å². The van der Waals surface area contributed by atoms with Crippen molar-refractivity contribution in [2.75, 3.05) is 0 Å². The summed E-state index contributed by atoms with van der Waals surface area (Å²) in [5, 5.41) is 3.87. The van der Waals surface area contributed by atoms with E-state index >= 15 is 0 Å². The fraction of sp³-hybridized carbons (Fsp3) is 0.385. The van der Waals surface area contributed by atoms with Gasteiger partial charge in [0.05, 0.1) is 6.54 Å². The highest BCUT2D eigenvalue weighted by Gasteiger charge is 2.27. The molecule has 0 saturated heterocycles. The van der Waals surface area contributed by atoms with Crippen LogP contribution in [0.2, 0.25) is 0 Å². The number of aryl methyl sites for hydroxylation is 1. The molecule has 0 spiro atoms. The highest BCUT2D eigenvalue weighted by atomic mass is 79.9. The van der Waals surface area contributed by atoms with Crippen LogP contribution in [0.1, 0.15) is 39.3 Å². The minimum absolute atomic E-state index is 0.0366. The van der Waals surface area contributed by atoms with Crippen LogP contribution in [-0.4, -0.2) is 15.5 Å². The van der Waals surface area contributed by atoms with Gasteiger partial charge in [-0.1, -0.05) is 0 Å². The second-order valence-corrected chi connectivity index (χ2v) is 6.96. The summed E-state index contributed by atoms with van der Waals surface area (Å²) in [4.78, 5) is 17.6. The van der Waals surface area contributed by atoms with Crippen molar-refractivity contribution < 1.29 is 4.79 Å². The molecule has 1 aliphatic rings. The van der Waals surface area contributed by atoms with Gasteiger partial charge in [-0.05, 0) is 41.8 Å². The van der Waals surface area contributed by atoms with Crippen molar-refractivity contribution in [3.8, 4) is 0 Å². The van der Waals surface area contributed by atoms with E-state index in [0.29, 0.717) is 12.6 Å². The summed E-state index contributed by atoms with van der Waals surface area (Å²) in [5.41, 5.74) is 0.725. The molecule has 1 aliphatic carbocycles. The van der Waals surface area contributed by atoms with Gasteiger partial charge < -0.3 is 9.88 Å². The normalized spacial score (nSPS) is 14.6. The number of nitrogens with one attached hydrogen (secondary N) is 1. The fourth-order valence-electron chi connectivity index (χ4n) is 2.01. The molecule has 0 atom stereocenters. The molecule has 0 bridgehead atoms. The topological polar surface area (TPSA) is 46.9 Å². The lowest BCUT2D eigenvalue weighted by molar-refractivity contribution is 0.0941. The van der Waals surface area contributed by atoms with Crippen LogP contribution in [0.25, 0.3) is 0 Å². The number of carbonyl (C=O) groups is 1. The molecule has 1 amide bonds. The van der Waals surface area contributed by atoms with Gasteiger partial charge in [-0.3, -0.25) is 4.79 Å². The number of carbonyl (C=O) groups excluding carboxylic acids is 1. The Labute approximate surface area is 124 Å². The summed E-state index contributed by atoms with van der Waals surface area (Å²) in [6.07, 6.45) is 6.13. The Morgan fingerprint density at radius 1 is 1.63 bits per heavy atom. The van der Waals surface area contributed by atoms with Crippen LogP contribution in [0.4, 0.5) is 0 Å². The van der Waals surface area contributed by atoms with E-state index in [1.807, 2.05) is 25.4 Å². The molecule has 6 heteroatoms. The number of thiazole rings is 1. The Morgan fingerprint density at radius 2 is 2.42 bits per heavy atom. The molecule has 0 radical (unpaired) electrons. The minimum atomic E-state index is -0.0366. The van der Waals surface area contributed by atoms with Gasteiger partial charge in [-0.25, -0.2) is 4.98 Å². The van der Waals surface area contributed by atoms with Gasteiger partial charge in [-0.2, -0.15) is 0 Å². The second kappa shape index (κ2) is 5.09. The number of hydrogen-bond acceptors (Lipinski definition) is 3. The maximum Gasteiger partial charge on any atom is 0.268 e. The summed E-state index contributed by atoms with van der Waals surface area (Å²) in [7, 11) is 0. The first-order valence-electron chi connectivity index (χ1n) is 6.20. The Bertz CT molecular complexity index is 615. The van der Waals surface area contributed by atoms with E-state index in [4.69, 9.17) is 0 Å². The highest BCUT2D eigenvalue weighted by Crippen LogP contribution is 2.37. The highest BCUT2D eigenvalue weighted by molar-refractivity contribution is 9.10. The lowest BCUT2D eigenvalue weighted by Crippen LogP contribution is -2.25. The molecular formula is C13H14BrN3OS. The molecule has 2 aromatic rings. The van der Waals surface area contributed by atoms with Crippen molar-refractivity contribution in [1.29, 1.82) is 0 Å². The van der Waals surface area contributed by atoms with Gasteiger partial charge in [-0.15, -0.1) is 11.3 Å². The van der Waals surface area contributed by atoms with E-state index in [9.17, 15) is 4.79 Å². The second-order valence-electron chi connectivity index (χ2n) is 4.73. The van der Waals surface area contributed by atoms with Crippen LogP contribution in [0.5, 0.6) is 0 Å². The number of halogens is 1. The molecule has 2 heterocycles. The quantitative estimate of drug-likeness (QED) is 0.929. The van der Waals surface area contributed by atoms with E-state index < -0.39 is 0 Å². The molecule has 1 fully saturated rings. The van der Waals surface area contributed by atoms with Crippen molar-refractivity contribution in [3.63, 3.8) is 0 Å². The maximum absolute atomic E-state index is 12.2. The van der Waals surface area contributed by atoms with E-state index in [1.54, 1.807) is 11.3 Å². The largest absolute Gasteiger partial charge is 0.344 e. The average Bonchev–Trinajstić information content (AvgIpc) is 3.03. The summed E-state index contributed by atoms with van der Waals surface area (Å²) in [6.45, 7) is 2.50. The van der Waals surface area contributed by atoms with Crippen LogP contribution in [-0.2, 0) is 6.54 Å². The zero-order valence-corrected chi connectivity index (χ0v) is 12.9. The van der Waals surface area contributed by atoms with Crippen LogP contribution in [0.3, 0.4) is 0 Å². The van der Waals surface area contributed by atoms with Crippen LogP contribution in [0.15, 0.2) is 22.9 Å². The molecule has 0 unspecified atom stereocenters. The zero-order valence-electron chi connectivity index (χ0n) is 10.5. The predicted octanol–water partition coefficient (Wildman–Crippen LogP) is 3.28. The number of hydrogen-bond donors (Lipinski definition) is 1. The first kappa shape index (κ1) is 12.9. The summed E-state index contributed by atoms with van der Waals surface area (Å²) >= 11 is 5.05. The third-order valence-corrected chi connectivity index (χ3v) is 4.40. The standard InChI is InChI=1S/C13H14BrN3OS/c1-8-5-15-12(19-8)6-16-13(18)11-4-9(14)7-17(11)10-2-3-10/h4-5,7,10H,2-3,6H2,1H3,(H,16,18). The van der Waals surface area contributed by atoms with Gasteiger partial charge in [0.25, 0.3) is 5.91 Å². The SMILES string of the molecule is Cc1cnc(CNC(=O)c2cc(Br)cn2C2CC2)s1. The van der Waals surface area contributed by atoms with Crippen molar-refractivity contribution in [2.24, 2.45) is 0 Å². The molecule has 1 saturated carbocycles. The van der Waals surface area contributed by atoms with Crippen molar-refractivity contribution in [2.45, 2.75) is 32.4 Å². The van der Waals surface area contributed by atoms with Crippen LogP contribution in [0, 0.1) is 6.92 Å². The third kappa shape index (κ3) is 2.90. The molecule has 0 aliphatic heterocycles. The van der Waals surface area contributed by atoms with Crippen LogP contribution >= 0.6 is 27.3 Å². The van der Waals surface area contributed by atoms with Crippen molar-refractivity contribution >= 4 is 33.2 Å². The van der Waals surface area contributed by atoms with E-state index in [0.717, 1.165) is 32.9 Å². The minimum Gasteiger partial charge on any atom is -0.344 e. The molecule has 4 nitrogen and oxygen atoms in total. The van der Waals surface area contributed by atoms with Gasteiger partial charge in [0.2, 0.25) is 0 Å². The molecule has 1 N–H and O–H groups in total. The molecule has 19 heavy (non-hydrogen) atoms. The molecule has 100 valence electrons. The Morgan fingerprint density at radius 3 is 3.05 bits per heavy atom. The lowest BCUT2D eigenvalue weighted by Gasteiger charge is -2.07. The van der Waals surface area contributed by atoms with Gasteiger partial charge in [0.15, 0.2) is 0 Å². The van der Waals surface area contributed by atoms with Crippen LogP contribution < -0.4 is 5.32 Å². The molecule has 3 rings (SSSR count). The Hall–Kier alpha value is -1.14. The maximum atomic E-state index is 12.2. The number of nitrogens with zero attached hydrogens (tertiary/aromatic N) is 2. The van der Waals surface area contributed by atoms with Crippen molar-refractivity contribution in [3.05, 3.63) is 38.5 Å². The average molecular weight is 340 g/mol. The number of rotatable bonds is 4. The summed E-state index contributed by atoms with van der Waals surface area (Å²) in [6, 6.07) is 2.37. The molecule has 0 aromatic carbocycles. The number of amides is 1. The first-order valence-corrected chi connectivity index (χ1v) is 7.81. The zero-order chi connectivity index (χ0) is 13.4. The van der Waals surface area contributed by atoms with Gasteiger partial charge in [0, 0.05) is 27.8 Å². The fourth-order valence-corrected chi connectivity index (χ4v) is 3.18. The number of aromatic nitrogens is 2. The molecular weight excluding hydrogens is 326 g/mol. The smallest absolute Gasteiger partial charge is 0.268 e. The molecule has 2 aromatic heterocycles. The summed E-state index contributed by atoms with van der Waals surface area (Å²) < 4.78 is 3.02. The lowest BCUT2D eigenvalue weighted by atomic mass is 10.4.